The molecule has 0 aliphatic rings. The van der Waals surface area contributed by atoms with Crippen molar-refractivity contribution in [3.8, 4) is 5.69 Å². The molecule has 0 unspecified atom stereocenters. The largest absolute Gasteiger partial charge is 0.348 e. The highest BCUT2D eigenvalue weighted by Crippen LogP contribution is 2.18. The lowest BCUT2D eigenvalue weighted by Crippen LogP contribution is -2.24. The first-order valence-electron chi connectivity index (χ1n) is 9.25. The molecular weight excluding hydrogens is 386 g/mol. The number of halogens is 1. The van der Waals surface area contributed by atoms with Crippen LogP contribution in [-0.4, -0.2) is 25.5 Å². The van der Waals surface area contributed by atoms with Gasteiger partial charge in [-0.1, -0.05) is 41.9 Å². The van der Waals surface area contributed by atoms with Gasteiger partial charge in [0.1, 0.15) is 0 Å². The minimum Gasteiger partial charge on any atom is -0.348 e. The molecule has 29 heavy (non-hydrogen) atoms. The molecule has 0 saturated carbocycles. The predicted molar refractivity (Wildman–Crippen MR) is 112 cm³/mol. The van der Waals surface area contributed by atoms with Crippen molar-refractivity contribution in [1.29, 1.82) is 0 Å². The molecule has 7 heteroatoms. The first kappa shape index (κ1) is 19.0. The summed E-state index contributed by atoms with van der Waals surface area (Å²) in [5.41, 5.74) is 4.28. The van der Waals surface area contributed by atoms with Crippen molar-refractivity contribution >= 4 is 17.5 Å². The molecule has 6 nitrogen and oxygen atoms in total. The van der Waals surface area contributed by atoms with Crippen molar-refractivity contribution in [2.24, 2.45) is 0 Å². The number of nitrogens with zero attached hydrogens (tertiary/aromatic N) is 4. The van der Waals surface area contributed by atoms with E-state index in [-0.39, 0.29) is 5.91 Å². The number of carbonyl (C=O) groups is 1. The molecule has 2 aromatic carbocycles. The van der Waals surface area contributed by atoms with E-state index in [1.54, 1.807) is 23.1 Å². The Morgan fingerprint density at radius 3 is 2.66 bits per heavy atom. The van der Waals surface area contributed by atoms with Crippen LogP contribution >= 0.6 is 11.6 Å². The lowest BCUT2D eigenvalue weighted by Gasteiger charge is -2.11. The Labute approximate surface area is 173 Å². The maximum absolute atomic E-state index is 12.8. The normalized spacial score (nSPS) is 10.8. The standard InChI is InChI=1S/C22H20ClN5O/c1-16-21(14-26-28(16)20-9-4-8-19(23)12-20)22(29)24-13-17-6-2-3-7-18(17)15-27-11-5-10-25-27/h2-12,14H,13,15H2,1H3,(H,24,29). The fourth-order valence-corrected chi connectivity index (χ4v) is 3.41. The molecular formula is C22H20ClN5O. The second-order valence-corrected chi connectivity index (χ2v) is 7.13. The summed E-state index contributed by atoms with van der Waals surface area (Å²) in [7, 11) is 0. The molecule has 2 aromatic heterocycles. The molecule has 1 N–H and O–H groups in total. The highest BCUT2D eigenvalue weighted by atomic mass is 35.5. The van der Waals surface area contributed by atoms with E-state index in [4.69, 9.17) is 11.6 Å². The van der Waals surface area contributed by atoms with E-state index in [9.17, 15) is 4.79 Å². The van der Waals surface area contributed by atoms with Gasteiger partial charge in [-0.2, -0.15) is 10.2 Å². The fraction of sp³-hybridized carbons (Fsp3) is 0.136. The van der Waals surface area contributed by atoms with Crippen LogP contribution in [0.4, 0.5) is 0 Å². The highest BCUT2D eigenvalue weighted by Gasteiger charge is 2.15. The van der Waals surface area contributed by atoms with Gasteiger partial charge in [0.15, 0.2) is 0 Å². The van der Waals surface area contributed by atoms with Gasteiger partial charge in [0.25, 0.3) is 5.91 Å². The Balaban J connectivity index is 1.49. The van der Waals surface area contributed by atoms with E-state index in [2.05, 4.69) is 15.5 Å². The quantitative estimate of drug-likeness (QED) is 0.527. The van der Waals surface area contributed by atoms with Gasteiger partial charge >= 0.3 is 0 Å². The second-order valence-electron chi connectivity index (χ2n) is 6.69. The van der Waals surface area contributed by atoms with Crippen LogP contribution in [0, 0.1) is 6.92 Å². The van der Waals surface area contributed by atoms with E-state index in [0.29, 0.717) is 23.7 Å². The Morgan fingerprint density at radius 1 is 1.07 bits per heavy atom. The second kappa shape index (κ2) is 8.32. The minimum absolute atomic E-state index is 0.162. The number of aromatic nitrogens is 4. The molecule has 0 bridgehead atoms. The maximum atomic E-state index is 12.8. The van der Waals surface area contributed by atoms with Crippen LogP contribution in [0.15, 0.2) is 73.2 Å². The van der Waals surface area contributed by atoms with Crippen molar-refractivity contribution in [3.63, 3.8) is 0 Å². The molecule has 1 amide bonds. The average Bonchev–Trinajstić information content (AvgIpc) is 3.37. The topological polar surface area (TPSA) is 64.7 Å². The van der Waals surface area contributed by atoms with Gasteiger partial charge in [0.05, 0.1) is 29.7 Å². The summed E-state index contributed by atoms with van der Waals surface area (Å²) in [6.45, 7) is 2.96. The summed E-state index contributed by atoms with van der Waals surface area (Å²) in [5, 5.41) is 12.2. The van der Waals surface area contributed by atoms with E-state index >= 15 is 0 Å². The van der Waals surface area contributed by atoms with Gasteiger partial charge < -0.3 is 5.32 Å². The van der Waals surface area contributed by atoms with Crippen LogP contribution in [-0.2, 0) is 13.1 Å². The number of amides is 1. The summed E-state index contributed by atoms with van der Waals surface area (Å²) >= 11 is 6.07. The van der Waals surface area contributed by atoms with Crippen molar-refractivity contribution < 1.29 is 4.79 Å². The molecule has 0 fully saturated rings. The average molecular weight is 406 g/mol. The zero-order valence-corrected chi connectivity index (χ0v) is 16.7. The Morgan fingerprint density at radius 2 is 1.90 bits per heavy atom. The van der Waals surface area contributed by atoms with Crippen LogP contribution in [0.5, 0.6) is 0 Å². The van der Waals surface area contributed by atoms with Gasteiger partial charge in [-0.15, -0.1) is 0 Å². The molecule has 2 heterocycles. The SMILES string of the molecule is Cc1c(C(=O)NCc2ccccc2Cn2cccn2)cnn1-c1cccc(Cl)c1. The number of benzene rings is 2. The third-order valence-corrected chi connectivity index (χ3v) is 4.99. The Hall–Kier alpha value is -3.38. The van der Waals surface area contributed by atoms with Gasteiger partial charge in [-0.25, -0.2) is 4.68 Å². The van der Waals surface area contributed by atoms with Crippen LogP contribution in [0.1, 0.15) is 27.2 Å². The molecule has 146 valence electrons. The Bertz CT molecular complexity index is 1130. The van der Waals surface area contributed by atoms with Crippen LogP contribution in [0.2, 0.25) is 5.02 Å². The zero-order chi connectivity index (χ0) is 20.2. The van der Waals surface area contributed by atoms with E-state index < -0.39 is 0 Å². The molecule has 0 saturated heterocycles. The molecule has 4 rings (SSSR count). The number of carbonyl (C=O) groups excluding carboxylic acids is 1. The summed E-state index contributed by atoms with van der Waals surface area (Å²) in [4.78, 5) is 12.8. The Kier molecular flexibility index (Phi) is 5.44. The summed E-state index contributed by atoms with van der Waals surface area (Å²) in [6, 6.07) is 17.3. The van der Waals surface area contributed by atoms with Crippen LogP contribution < -0.4 is 5.32 Å². The van der Waals surface area contributed by atoms with E-state index in [0.717, 1.165) is 22.5 Å². The number of nitrogens with one attached hydrogen (secondary N) is 1. The lowest BCUT2D eigenvalue weighted by molar-refractivity contribution is 0.0950. The molecule has 4 aromatic rings. The first-order chi connectivity index (χ1) is 14.1. The van der Waals surface area contributed by atoms with Crippen LogP contribution in [0.3, 0.4) is 0 Å². The predicted octanol–water partition coefficient (Wildman–Crippen LogP) is 4.01. The van der Waals surface area contributed by atoms with E-state index in [1.165, 1.54) is 0 Å². The smallest absolute Gasteiger partial charge is 0.255 e. The summed E-state index contributed by atoms with van der Waals surface area (Å²) in [5.74, 6) is -0.162. The van der Waals surface area contributed by atoms with E-state index in [1.807, 2.05) is 66.3 Å². The van der Waals surface area contributed by atoms with Crippen molar-refractivity contribution in [3.05, 3.63) is 101 Å². The lowest BCUT2D eigenvalue weighted by atomic mass is 10.1. The van der Waals surface area contributed by atoms with Crippen molar-refractivity contribution in [1.82, 2.24) is 24.9 Å². The van der Waals surface area contributed by atoms with Gasteiger partial charge in [0.2, 0.25) is 0 Å². The molecule has 0 spiro atoms. The zero-order valence-electron chi connectivity index (χ0n) is 15.9. The van der Waals surface area contributed by atoms with Gasteiger partial charge in [0, 0.05) is 24.0 Å². The van der Waals surface area contributed by atoms with Gasteiger partial charge in [-0.3, -0.25) is 9.48 Å². The first-order valence-corrected chi connectivity index (χ1v) is 9.62. The maximum Gasteiger partial charge on any atom is 0.255 e. The molecule has 0 aliphatic heterocycles. The highest BCUT2D eigenvalue weighted by molar-refractivity contribution is 6.30. The van der Waals surface area contributed by atoms with Crippen LogP contribution in [0.25, 0.3) is 5.69 Å². The summed E-state index contributed by atoms with van der Waals surface area (Å²) < 4.78 is 3.58. The molecule has 0 atom stereocenters. The minimum atomic E-state index is -0.162. The van der Waals surface area contributed by atoms with Crippen molar-refractivity contribution in [2.45, 2.75) is 20.0 Å². The number of hydrogen-bond donors (Lipinski definition) is 1. The third-order valence-electron chi connectivity index (χ3n) is 4.76. The molecule has 0 aliphatic carbocycles. The summed E-state index contributed by atoms with van der Waals surface area (Å²) in [6.07, 6.45) is 5.26. The third kappa shape index (κ3) is 4.22. The molecule has 0 radical (unpaired) electrons. The van der Waals surface area contributed by atoms with Crippen molar-refractivity contribution in [2.75, 3.05) is 0 Å². The fourth-order valence-electron chi connectivity index (χ4n) is 3.22. The number of hydrogen-bond acceptors (Lipinski definition) is 3. The monoisotopic (exact) mass is 405 g/mol. The van der Waals surface area contributed by atoms with Gasteiger partial charge in [-0.05, 0) is 42.3 Å². The number of rotatable bonds is 6.